The van der Waals surface area contributed by atoms with Crippen molar-refractivity contribution in [3.63, 3.8) is 0 Å². The summed E-state index contributed by atoms with van der Waals surface area (Å²) in [5.74, 6) is -0.317. The second kappa shape index (κ2) is 2.58. The molecule has 0 aromatic rings. The number of rotatable bonds is 3. The van der Waals surface area contributed by atoms with Crippen LogP contribution >= 0.6 is 0 Å². The molecule has 0 aromatic heterocycles. The quantitative estimate of drug-likeness (QED) is 0.669. The highest BCUT2D eigenvalue weighted by atomic mass is 16.5. The minimum absolute atomic E-state index is 0.113. The molecule has 0 bridgehead atoms. The molecular weight excluding hydrogens is 168 g/mol. The maximum Gasteiger partial charge on any atom is 0.313 e. The van der Waals surface area contributed by atoms with Crippen molar-refractivity contribution in [1.82, 2.24) is 0 Å². The first kappa shape index (κ1) is 8.75. The molecule has 1 N–H and O–H groups in total. The number of carboxylic acids is 1. The van der Waals surface area contributed by atoms with E-state index in [0.29, 0.717) is 0 Å². The van der Waals surface area contributed by atoms with E-state index in [1.807, 2.05) is 0 Å². The van der Waals surface area contributed by atoms with E-state index in [1.54, 1.807) is 13.2 Å². The molecule has 0 saturated heterocycles. The molecule has 0 heterocycles. The van der Waals surface area contributed by atoms with Crippen LogP contribution in [0.15, 0.2) is 12.7 Å². The fourth-order valence-corrected chi connectivity index (χ4v) is 3.06. The largest absolute Gasteiger partial charge is 0.481 e. The molecule has 13 heavy (non-hydrogen) atoms. The Morgan fingerprint density at radius 3 is 2.77 bits per heavy atom. The van der Waals surface area contributed by atoms with E-state index < -0.39 is 11.4 Å². The zero-order valence-corrected chi connectivity index (χ0v) is 7.69. The number of methoxy groups -OCH3 is 1. The summed E-state index contributed by atoms with van der Waals surface area (Å²) in [4.78, 5) is 11.2. The molecule has 2 aliphatic rings. The number of hydrogen-bond acceptors (Lipinski definition) is 2. The lowest BCUT2D eigenvalue weighted by Crippen LogP contribution is -2.31. The van der Waals surface area contributed by atoms with Gasteiger partial charge in [-0.05, 0) is 24.7 Å². The molecule has 0 unspecified atom stereocenters. The minimum atomic E-state index is -0.716. The first-order valence-corrected chi connectivity index (χ1v) is 4.58. The number of ether oxygens (including phenoxy) is 1. The maximum absolute atomic E-state index is 11.2. The third kappa shape index (κ3) is 0.804. The molecule has 4 atom stereocenters. The Bertz CT molecular complexity index is 261. The van der Waals surface area contributed by atoms with Gasteiger partial charge in [-0.15, -0.1) is 6.58 Å². The van der Waals surface area contributed by atoms with Crippen LogP contribution in [0.1, 0.15) is 12.8 Å². The summed E-state index contributed by atoms with van der Waals surface area (Å²) in [6.45, 7) is 3.68. The molecule has 0 radical (unpaired) electrons. The van der Waals surface area contributed by atoms with Gasteiger partial charge in [-0.2, -0.15) is 0 Å². The highest BCUT2D eigenvalue weighted by Crippen LogP contribution is 2.69. The third-order valence-corrected chi connectivity index (χ3v) is 3.67. The van der Waals surface area contributed by atoms with Crippen molar-refractivity contribution in [2.45, 2.75) is 18.9 Å². The van der Waals surface area contributed by atoms with Crippen molar-refractivity contribution in [3.05, 3.63) is 12.7 Å². The highest BCUT2D eigenvalue weighted by molar-refractivity contribution is 5.82. The van der Waals surface area contributed by atoms with E-state index in [9.17, 15) is 9.90 Å². The summed E-state index contributed by atoms with van der Waals surface area (Å²) in [7, 11) is 1.59. The minimum Gasteiger partial charge on any atom is -0.481 e. The van der Waals surface area contributed by atoms with Crippen LogP contribution in [0.5, 0.6) is 0 Å². The maximum atomic E-state index is 11.2. The zero-order valence-electron chi connectivity index (χ0n) is 7.69. The van der Waals surface area contributed by atoms with Crippen LogP contribution in [0, 0.1) is 17.3 Å². The monoisotopic (exact) mass is 182 g/mol. The smallest absolute Gasteiger partial charge is 0.313 e. The van der Waals surface area contributed by atoms with Gasteiger partial charge < -0.3 is 9.84 Å². The van der Waals surface area contributed by atoms with Crippen molar-refractivity contribution >= 4 is 5.97 Å². The van der Waals surface area contributed by atoms with Crippen LogP contribution in [0.4, 0.5) is 0 Å². The Kier molecular flexibility index (Phi) is 1.74. The van der Waals surface area contributed by atoms with Crippen molar-refractivity contribution in [2.75, 3.05) is 7.11 Å². The highest BCUT2D eigenvalue weighted by Gasteiger charge is 2.75. The van der Waals surface area contributed by atoms with Crippen LogP contribution in [-0.2, 0) is 9.53 Å². The van der Waals surface area contributed by atoms with Crippen LogP contribution in [-0.4, -0.2) is 24.3 Å². The van der Waals surface area contributed by atoms with E-state index in [0.717, 1.165) is 12.8 Å². The lowest BCUT2D eigenvalue weighted by molar-refractivity contribution is -0.149. The summed E-state index contributed by atoms with van der Waals surface area (Å²) in [5, 5.41) is 9.19. The number of hydrogen-bond donors (Lipinski definition) is 1. The topological polar surface area (TPSA) is 46.5 Å². The van der Waals surface area contributed by atoms with E-state index in [4.69, 9.17) is 4.74 Å². The summed E-state index contributed by atoms with van der Waals surface area (Å²) in [6, 6.07) is 0. The molecule has 72 valence electrons. The van der Waals surface area contributed by atoms with Gasteiger partial charge in [0.25, 0.3) is 0 Å². The fraction of sp³-hybridized carbons (Fsp3) is 0.700. The molecular formula is C10H14O3. The van der Waals surface area contributed by atoms with Crippen LogP contribution in [0.3, 0.4) is 0 Å². The number of allylic oxidation sites excluding steroid dienone is 1. The van der Waals surface area contributed by atoms with Gasteiger partial charge in [-0.3, -0.25) is 4.79 Å². The van der Waals surface area contributed by atoms with E-state index in [1.165, 1.54) is 0 Å². The Balaban J connectivity index is 2.29. The first-order chi connectivity index (χ1) is 6.19. The predicted molar refractivity (Wildman–Crippen MR) is 47.3 cm³/mol. The van der Waals surface area contributed by atoms with Crippen molar-refractivity contribution < 1.29 is 14.6 Å². The first-order valence-electron chi connectivity index (χ1n) is 4.58. The SMILES string of the molecule is C=C[C@H]1[C@@H]2CC[C@H](OC)[C@]12C(=O)O. The number of aliphatic carboxylic acids is 1. The van der Waals surface area contributed by atoms with Gasteiger partial charge in [0.1, 0.15) is 5.41 Å². The Morgan fingerprint density at radius 1 is 1.69 bits per heavy atom. The van der Waals surface area contributed by atoms with Gasteiger partial charge in [-0.25, -0.2) is 0 Å². The average Bonchev–Trinajstić information content (AvgIpc) is 2.62. The summed E-state index contributed by atoms with van der Waals surface area (Å²) in [6.07, 6.45) is 3.49. The van der Waals surface area contributed by atoms with Gasteiger partial charge in [0.15, 0.2) is 0 Å². The third-order valence-electron chi connectivity index (χ3n) is 3.67. The lowest BCUT2D eigenvalue weighted by atomic mass is 9.96. The summed E-state index contributed by atoms with van der Waals surface area (Å²) < 4.78 is 5.23. The Morgan fingerprint density at radius 2 is 2.38 bits per heavy atom. The number of carbonyl (C=O) groups is 1. The molecule has 0 aliphatic heterocycles. The normalized spacial score (nSPS) is 47.0. The lowest BCUT2D eigenvalue weighted by Gasteiger charge is -2.19. The van der Waals surface area contributed by atoms with Crippen LogP contribution < -0.4 is 0 Å². The van der Waals surface area contributed by atoms with E-state index >= 15 is 0 Å². The molecule has 2 rings (SSSR count). The zero-order chi connectivity index (χ0) is 9.64. The van der Waals surface area contributed by atoms with Crippen molar-refractivity contribution in [1.29, 1.82) is 0 Å². The second-order valence-corrected chi connectivity index (χ2v) is 3.91. The van der Waals surface area contributed by atoms with Gasteiger partial charge in [0.05, 0.1) is 6.10 Å². The molecule has 0 amide bonds. The Hall–Kier alpha value is -0.830. The van der Waals surface area contributed by atoms with Gasteiger partial charge in [0, 0.05) is 7.11 Å². The molecule has 3 nitrogen and oxygen atoms in total. The number of carboxylic acid groups (broad SMARTS) is 1. The molecule has 2 saturated carbocycles. The average molecular weight is 182 g/mol. The molecule has 2 aliphatic carbocycles. The predicted octanol–water partition coefficient (Wildman–Crippen LogP) is 1.30. The number of fused-ring (bicyclic) bond motifs is 1. The molecule has 3 heteroatoms. The van der Waals surface area contributed by atoms with Crippen molar-refractivity contribution in [3.8, 4) is 0 Å². The molecule has 0 spiro atoms. The van der Waals surface area contributed by atoms with E-state index in [2.05, 4.69) is 6.58 Å². The molecule has 2 fully saturated rings. The van der Waals surface area contributed by atoms with Crippen LogP contribution in [0.25, 0.3) is 0 Å². The van der Waals surface area contributed by atoms with Crippen LogP contribution in [0.2, 0.25) is 0 Å². The second-order valence-electron chi connectivity index (χ2n) is 3.91. The van der Waals surface area contributed by atoms with Gasteiger partial charge in [0.2, 0.25) is 0 Å². The standard InChI is InChI=1S/C10H14O3/c1-3-6-7-4-5-8(13-2)10(6,7)9(11)12/h3,6-8H,1,4-5H2,2H3,(H,11,12)/t6-,7-,8-,10-/m0/s1. The summed E-state index contributed by atoms with van der Waals surface area (Å²) >= 11 is 0. The fourth-order valence-electron chi connectivity index (χ4n) is 3.06. The summed E-state index contributed by atoms with van der Waals surface area (Å²) in [5.41, 5.74) is -0.628. The van der Waals surface area contributed by atoms with E-state index in [-0.39, 0.29) is 17.9 Å². The van der Waals surface area contributed by atoms with Crippen molar-refractivity contribution in [2.24, 2.45) is 17.3 Å². The van der Waals surface area contributed by atoms with Gasteiger partial charge >= 0.3 is 5.97 Å². The molecule has 0 aromatic carbocycles. The Labute approximate surface area is 77.4 Å². The van der Waals surface area contributed by atoms with Gasteiger partial charge in [-0.1, -0.05) is 6.08 Å².